The van der Waals surface area contributed by atoms with Crippen LogP contribution in [0.4, 0.5) is 5.00 Å². The van der Waals surface area contributed by atoms with E-state index in [2.05, 4.69) is 5.32 Å². The third kappa shape index (κ3) is 3.66. The fourth-order valence-corrected chi connectivity index (χ4v) is 3.63. The number of hydrogen-bond donors (Lipinski definition) is 2. The van der Waals surface area contributed by atoms with Crippen LogP contribution >= 0.6 is 11.3 Å². The van der Waals surface area contributed by atoms with E-state index in [1.165, 1.54) is 13.0 Å². The number of carbonyl (C=O) groups is 3. The molecule has 1 aromatic carbocycles. The second-order valence-electron chi connectivity index (χ2n) is 6.40. The summed E-state index contributed by atoms with van der Waals surface area (Å²) in [5.41, 5.74) is 6.70. The van der Waals surface area contributed by atoms with E-state index in [1.54, 1.807) is 17.5 Å². The number of benzene rings is 1. The third-order valence-electron chi connectivity index (χ3n) is 4.58. The summed E-state index contributed by atoms with van der Waals surface area (Å²) < 4.78 is 11.1. The van der Waals surface area contributed by atoms with Crippen LogP contribution in [-0.4, -0.2) is 30.0 Å². The summed E-state index contributed by atoms with van der Waals surface area (Å²) in [5.74, 6) is -1.17. The first-order valence-electron chi connectivity index (χ1n) is 8.48. The van der Waals surface area contributed by atoms with Gasteiger partial charge in [-0.15, -0.1) is 11.3 Å². The Kier molecular flexibility index (Phi) is 5.18. The first kappa shape index (κ1) is 18.9. The summed E-state index contributed by atoms with van der Waals surface area (Å²) in [4.78, 5) is 36.2. The molecule has 7 nitrogen and oxygen atoms in total. The van der Waals surface area contributed by atoms with Crippen LogP contribution in [0, 0.1) is 0 Å². The number of carbonyl (C=O) groups excluding carboxylic acids is 3. The van der Waals surface area contributed by atoms with Crippen molar-refractivity contribution in [2.75, 3.05) is 5.32 Å². The molecule has 2 amide bonds. The number of thiophene rings is 1. The Labute approximate surface area is 160 Å². The molecule has 142 valence electrons. The number of para-hydroxylation sites is 1. The fraction of sp³-hybridized carbons (Fsp3) is 0.316. The monoisotopic (exact) mass is 388 g/mol. The Morgan fingerprint density at radius 1 is 1.22 bits per heavy atom. The van der Waals surface area contributed by atoms with Crippen LogP contribution in [0.5, 0.6) is 5.75 Å². The second kappa shape index (κ2) is 7.40. The molecule has 0 bridgehead atoms. The summed E-state index contributed by atoms with van der Waals surface area (Å²) in [5, 5.41) is 4.52. The van der Waals surface area contributed by atoms with Gasteiger partial charge in [0.15, 0.2) is 6.10 Å². The molecule has 0 aliphatic carbocycles. The lowest BCUT2D eigenvalue weighted by molar-refractivity contribution is -0.123. The Morgan fingerprint density at radius 2 is 1.96 bits per heavy atom. The molecule has 1 aromatic heterocycles. The molecule has 0 unspecified atom stereocenters. The van der Waals surface area contributed by atoms with E-state index >= 15 is 0 Å². The maximum Gasteiger partial charge on any atom is 0.342 e. The number of nitrogens with two attached hydrogens (primary N) is 1. The topological polar surface area (TPSA) is 108 Å². The van der Waals surface area contributed by atoms with Crippen molar-refractivity contribution < 1.29 is 23.9 Å². The van der Waals surface area contributed by atoms with E-state index in [4.69, 9.17) is 15.2 Å². The van der Waals surface area contributed by atoms with Crippen LogP contribution < -0.4 is 15.8 Å². The van der Waals surface area contributed by atoms with Crippen LogP contribution in [-0.2, 0) is 9.53 Å². The van der Waals surface area contributed by atoms with E-state index in [-0.39, 0.29) is 23.1 Å². The van der Waals surface area contributed by atoms with Gasteiger partial charge in [0.2, 0.25) is 0 Å². The van der Waals surface area contributed by atoms with Crippen molar-refractivity contribution in [2.24, 2.45) is 5.73 Å². The summed E-state index contributed by atoms with van der Waals surface area (Å²) >= 11 is 1.16. The zero-order chi connectivity index (χ0) is 19.7. The smallest absolute Gasteiger partial charge is 0.342 e. The molecular formula is C19H20N2O5S. The van der Waals surface area contributed by atoms with Crippen molar-refractivity contribution in [2.45, 2.75) is 38.9 Å². The Hall–Kier alpha value is -2.87. The molecule has 3 atom stereocenters. The first-order valence-corrected chi connectivity index (χ1v) is 9.36. The third-order valence-corrected chi connectivity index (χ3v) is 5.41. The van der Waals surface area contributed by atoms with Gasteiger partial charge in [-0.25, -0.2) is 4.79 Å². The van der Waals surface area contributed by atoms with Crippen LogP contribution in [0.3, 0.4) is 0 Å². The van der Waals surface area contributed by atoms with E-state index in [9.17, 15) is 14.4 Å². The maximum atomic E-state index is 12.6. The van der Waals surface area contributed by atoms with Gasteiger partial charge in [-0.2, -0.15) is 0 Å². The lowest BCUT2D eigenvalue weighted by Crippen LogP contribution is -2.30. The Balaban J connectivity index is 1.71. The highest BCUT2D eigenvalue weighted by molar-refractivity contribution is 7.14. The van der Waals surface area contributed by atoms with Gasteiger partial charge in [-0.05, 0) is 31.4 Å². The molecular weight excluding hydrogens is 368 g/mol. The highest BCUT2D eigenvalue weighted by Crippen LogP contribution is 2.40. The van der Waals surface area contributed by atoms with Gasteiger partial charge in [0.25, 0.3) is 11.8 Å². The first-order chi connectivity index (χ1) is 12.8. The molecule has 27 heavy (non-hydrogen) atoms. The molecule has 8 heteroatoms. The molecule has 0 fully saturated rings. The summed E-state index contributed by atoms with van der Waals surface area (Å²) in [6.45, 7) is 5.42. The summed E-state index contributed by atoms with van der Waals surface area (Å²) in [6.07, 6.45) is -1.10. The lowest BCUT2D eigenvalue weighted by atomic mass is 9.97. The minimum Gasteiger partial charge on any atom is -0.489 e. The fourth-order valence-electron chi connectivity index (χ4n) is 2.84. The van der Waals surface area contributed by atoms with Crippen LogP contribution in [0.1, 0.15) is 53.0 Å². The number of nitrogens with one attached hydrogen (secondary N) is 1. The normalized spacial score (nSPS) is 18.9. The SMILES string of the molecule is C[C@H](OC(=O)c1cccc2c1O[C@@H](C)[C@@H]2C)C(=O)Nc1sccc1C(N)=O. The summed E-state index contributed by atoms with van der Waals surface area (Å²) in [6, 6.07) is 6.81. The number of primary amides is 1. The van der Waals surface area contributed by atoms with E-state index in [1.807, 2.05) is 19.9 Å². The zero-order valence-electron chi connectivity index (χ0n) is 15.1. The summed E-state index contributed by atoms with van der Waals surface area (Å²) in [7, 11) is 0. The lowest BCUT2D eigenvalue weighted by Gasteiger charge is -2.14. The quantitative estimate of drug-likeness (QED) is 0.766. The van der Waals surface area contributed by atoms with E-state index in [0.717, 1.165) is 16.9 Å². The Morgan fingerprint density at radius 3 is 2.67 bits per heavy atom. The van der Waals surface area contributed by atoms with Crippen molar-refractivity contribution in [3.63, 3.8) is 0 Å². The largest absolute Gasteiger partial charge is 0.489 e. The highest BCUT2D eigenvalue weighted by Gasteiger charge is 2.32. The van der Waals surface area contributed by atoms with Crippen LogP contribution in [0.2, 0.25) is 0 Å². The predicted octanol–water partition coefficient (Wildman–Crippen LogP) is 2.92. The number of amides is 2. The maximum absolute atomic E-state index is 12.6. The Bertz CT molecular complexity index is 907. The average Bonchev–Trinajstić information content (AvgIpc) is 3.19. The molecule has 3 N–H and O–H groups in total. The molecule has 3 rings (SSSR count). The second-order valence-corrected chi connectivity index (χ2v) is 7.32. The molecule has 0 saturated heterocycles. The number of esters is 1. The van der Waals surface area contributed by atoms with Gasteiger partial charge >= 0.3 is 5.97 Å². The molecule has 2 aromatic rings. The molecule has 0 radical (unpaired) electrons. The number of anilines is 1. The zero-order valence-corrected chi connectivity index (χ0v) is 16.0. The van der Waals surface area contributed by atoms with Gasteiger partial charge in [0, 0.05) is 11.5 Å². The highest BCUT2D eigenvalue weighted by atomic mass is 32.1. The van der Waals surface area contributed by atoms with Crippen LogP contribution in [0.25, 0.3) is 0 Å². The van der Waals surface area contributed by atoms with Gasteiger partial charge in [0.1, 0.15) is 22.4 Å². The molecule has 1 aliphatic heterocycles. The van der Waals surface area contributed by atoms with Gasteiger partial charge in [-0.1, -0.05) is 19.1 Å². The van der Waals surface area contributed by atoms with Crippen molar-refractivity contribution in [1.29, 1.82) is 0 Å². The van der Waals surface area contributed by atoms with Crippen molar-refractivity contribution in [3.05, 3.63) is 46.3 Å². The molecule has 0 saturated carbocycles. The van der Waals surface area contributed by atoms with Crippen molar-refractivity contribution >= 4 is 34.1 Å². The standard InChI is InChI=1S/C19H20N2O5S/c1-9-10(2)25-15-12(9)5-4-6-13(15)19(24)26-11(3)17(23)21-18-14(16(20)22)7-8-27-18/h4-11H,1-3H3,(H2,20,22)(H,21,23)/t9-,10-,11-/m0/s1. The van der Waals surface area contributed by atoms with E-state index in [0.29, 0.717) is 10.8 Å². The van der Waals surface area contributed by atoms with Crippen molar-refractivity contribution in [3.8, 4) is 5.75 Å². The molecule has 1 aliphatic rings. The van der Waals surface area contributed by atoms with Crippen LogP contribution in [0.15, 0.2) is 29.6 Å². The number of ether oxygens (including phenoxy) is 2. The molecule has 0 spiro atoms. The average molecular weight is 388 g/mol. The van der Waals surface area contributed by atoms with E-state index < -0.39 is 23.9 Å². The number of rotatable bonds is 5. The molecule has 2 heterocycles. The van der Waals surface area contributed by atoms with Gasteiger partial charge in [-0.3, -0.25) is 9.59 Å². The minimum absolute atomic E-state index is 0.0410. The van der Waals surface area contributed by atoms with Gasteiger partial charge in [0.05, 0.1) is 5.56 Å². The minimum atomic E-state index is -1.06. The van der Waals surface area contributed by atoms with Crippen molar-refractivity contribution in [1.82, 2.24) is 0 Å². The van der Waals surface area contributed by atoms with Gasteiger partial charge < -0.3 is 20.5 Å². The number of fused-ring (bicyclic) bond motifs is 1. The number of hydrogen-bond acceptors (Lipinski definition) is 6. The predicted molar refractivity (Wildman–Crippen MR) is 101 cm³/mol.